The van der Waals surface area contributed by atoms with Crippen molar-refractivity contribution < 1.29 is 53.9 Å². The largest absolute Gasteiger partial charge is 2.00 e. The van der Waals surface area contributed by atoms with E-state index < -0.39 is 24.2 Å². The van der Waals surface area contributed by atoms with E-state index in [0.717, 1.165) is 6.92 Å². The van der Waals surface area contributed by atoms with Crippen molar-refractivity contribution in [3.05, 3.63) is 0 Å². The van der Waals surface area contributed by atoms with Gasteiger partial charge in [0, 0.05) is 0 Å². The molecule has 0 aromatic heterocycles. The van der Waals surface area contributed by atoms with E-state index >= 15 is 0 Å². The van der Waals surface area contributed by atoms with E-state index in [4.69, 9.17) is 0 Å². The van der Waals surface area contributed by atoms with Gasteiger partial charge in [0.2, 0.25) is 5.78 Å². The second-order valence-electron chi connectivity index (χ2n) is 1.80. The summed E-state index contributed by atoms with van der Waals surface area (Å²) < 4.78 is 33.9. The molecular formula is C5H5F5O2Ti. The summed E-state index contributed by atoms with van der Waals surface area (Å²) in [6.45, 7) is 0.934. The number of Topliss-reactive ketones (excluding diaryl/α,β-unsaturated/α-hetero) is 2. The molecule has 0 bridgehead atoms. The van der Waals surface area contributed by atoms with Gasteiger partial charge in [-0.2, -0.15) is 13.2 Å². The maximum Gasteiger partial charge on any atom is 2.00 e. The fraction of sp³-hybridized carbons (Fsp3) is 0.600. The van der Waals surface area contributed by atoms with Gasteiger partial charge in [-0.3, -0.25) is 9.59 Å². The molecule has 0 aromatic rings. The molecule has 0 N–H and O–H groups in total. The van der Waals surface area contributed by atoms with Gasteiger partial charge in [0.1, 0.15) is 5.78 Å². The Labute approximate surface area is 85.5 Å². The molecular weight excluding hydrogens is 235 g/mol. The first kappa shape index (κ1) is 23.0. The van der Waals surface area contributed by atoms with Crippen LogP contribution < -0.4 is 9.41 Å². The van der Waals surface area contributed by atoms with Gasteiger partial charge in [-0.1, -0.05) is 0 Å². The van der Waals surface area contributed by atoms with Crippen LogP contribution in [0.4, 0.5) is 13.2 Å². The quantitative estimate of drug-likeness (QED) is 0.275. The molecule has 0 rings (SSSR count). The van der Waals surface area contributed by atoms with Crippen LogP contribution in [0.3, 0.4) is 0 Å². The van der Waals surface area contributed by atoms with Crippen molar-refractivity contribution in [2.24, 2.45) is 0 Å². The predicted octanol–water partition coefficient (Wildman–Crippen LogP) is -4.90. The smallest absolute Gasteiger partial charge is 1.00 e. The van der Waals surface area contributed by atoms with Gasteiger partial charge in [0.05, 0.1) is 6.42 Å². The molecule has 0 heterocycles. The van der Waals surface area contributed by atoms with Crippen LogP contribution in [-0.2, 0) is 31.3 Å². The summed E-state index contributed by atoms with van der Waals surface area (Å²) in [6, 6.07) is 0. The Morgan fingerprint density at radius 2 is 1.46 bits per heavy atom. The fourth-order valence-corrected chi connectivity index (χ4v) is 0.326. The van der Waals surface area contributed by atoms with E-state index in [-0.39, 0.29) is 31.1 Å². The monoisotopic (exact) mass is 240 g/mol. The summed E-state index contributed by atoms with van der Waals surface area (Å²) in [5.41, 5.74) is 0. The summed E-state index contributed by atoms with van der Waals surface area (Å²) in [5, 5.41) is 0. The Hall–Kier alpha value is -0.296. The predicted molar refractivity (Wildman–Crippen MR) is 26.4 cm³/mol. The Kier molecular flexibility index (Phi) is 14.7. The zero-order valence-electron chi connectivity index (χ0n) is 6.41. The standard InChI is InChI=1S/C5H5F3O2.2FH.Ti/c1-3(9)2-4(10)5(6,7)8;;;/h2H2,1H3;2*1H;/q;;;+2/p-2. The molecule has 13 heavy (non-hydrogen) atoms. The van der Waals surface area contributed by atoms with E-state index in [0.29, 0.717) is 0 Å². The number of ketones is 2. The normalized spacial score (nSPS) is 8.62. The third-order valence-corrected chi connectivity index (χ3v) is 0.726. The number of alkyl halides is 3. The molecule has 0 radical (unpaired) electrons. The van der Waals surface area contributed by atoms with E-state index in [2.05, 4.69) is 0 Å². The SMILES string of the molecule is CC(=O)CC(=O)C(F)(F)F.[F-].[F-].[Ti+2]. The van der Waals surface area contributed by atoms with Crippen molar-refractivity contribution in [3.63, 3.8) is 0 Å². The minimum Gasteiger partial charge on any atom is -1.00 e. The number of halogens is 5. The summed E-state index contributed by atoms with van der Waals surface area (Å²) in [6.07, 6.45) is -5.92. The second-order valence-corrected chi connectivity index (χ2v) is 1.80. The molecule has 0 aliphatic rings. The molecule has 76 valence electrons. The van der Waals surface area contributed by atoms with Gasteiger partial charge in [-0.15, -0.1) is 0 Å². The van der Waals surface area contributed by atoms with Gasteiger partial charge >= 0.3 is 27.9 Å². The molecule has 0 amide bonds. The maximum atomic E-state index is 11.3. The van der Waals surface area contributed by atoms with Crippen LogP contribution in [-0.4, -0.2) is 17.7 Å². The topological polar surface area (TPSA) is 34.1 Å². The van der Waals surface area contributed by atoms with Gasteiger partial charge < -0.3 is 9.41 Å². The number of hydrogen-bond acceptors (Lipinski definition) is 2. The summed E-state index contributed by atoms with van der Waals surface area (Å²) in [7, 11) is 0. The zero-order chi connectivity index (χ0) is 8.36. The van der Waals surface area contributed by atoms with Crippen LogP contribution in [0.2, 0.25) is 0 Å². The van der Waals surface area contributed by atoms with E-state index in [9.17, 15) is 22.8 Å². The second kappa shape index (κ2) is 8.31. The van der Waals surface area contributed by atoms with Crippen LogP contribution >= 0.6 is 0 Å². The average molecular weight is 240 g/mol. The molecule has 8 heteroatoms. The first-order valence-electron chi connectivity index (χ1n) is 2.43. The Balaban J connectivity index is -0.000000135. The van der Waals surface area contributed by atoms with Crippen molar-refractivity contribution in [1.82, 2.24) is 0 Å². The van der Waals surface area contributed by atoms with Crippen molar-refractivity contribution >= 4 is 11.6 Å². The number of carbonyl (C=O) groups excluding carboxylic acids is 2. The molecule has 2 nitrogen and oxygen atoms in total. The van der Waals surface area contributed by atoms with E-state index in [1.807, 2.05) is 0 Å². The molecule has 0 spiro atoms. The molecule has 0 saturated heterocycles. The van der Waals surface area contributed by atoms with Gasteiger partial charge in [0.25, 0.3) is 0 Å². The summed E-state index contributed by atoms with van der Waals surface area (Å²) in [4.78, 5) is 19.9. The summed E-state index contributed by atoms with van der Waals surface area (Å²) in [5.74, 6) is -2.76. The molecule has 0 saturated carbocycles. The third kappa shape index (κ3) is 11.7. The number of hydrogen-bond donors (Lipinski definition) is 0. The molecule has 0 aliphatic carbocycles. The van der Waals surface area contributed by atoms with Crippen molar-refractivity contribution in [1.29, 1.82) is 0 Å². The Morgan fingerprint density at radius 3 is 1.54 bits per heavy atom. The van der Waals surface area contributed by atoms with E-state index in [1.54, 1.807) is 0 Å². The van der Waals surface area contributed by atoms with E-state index in [1.165, 1.54) is 0 Å². The number of carbonyl (C=O) groups is 2. The van der Waals surface area contributed by atoms with Gasteiger partial charge in [-0.25, -0.2) is 0 Å². The average Bonchev–Trinajstić information content (AvgIpc) is 1.60. The molecule has 0 aromatic carbocycles. The van der Waals surface area contributed by atoms with Crippen LogP contribution in [0.15, 0.2) is 0 Å². The third-order valence-electron chi connectivity index (χ3n) is 0.726. The molecule has 0 atom stereocenters. The first-order valence-corrected chi connectivity index (χ1v) is 2.43. The zero-order valence-corrected chi connectivity index (χ0v) is 7.97. The summed E-state index contributed by atoms with van der Waals surface area (Å²) >= 11 is 0. The molecule has 0 unspecified atom stereocenters. The Morgan fingerprint density at radius 1 is 1.15 bits per heavy atom. The minimum absolute atomic E-state index is 0. The van der Waals surface area contributed by atoms with Crippen molar-refractivity contribution in [2.75, 3.05) is 0 Å². The number of rotatable bonds is 2. The van der Waals surface area contributed by atoms with Gasteiger partial charge in [-0.05, 0) is 6.92 Å². The van der Waals surface area contributed by atoms with Crippen LogP contribution in [0.5, 0.6) is 0 Å². The molecule has 0 fully saturated rings. The van der Waals surface area contributed by atoms with Crippen LogP contribution in [0.1, 0.15) is 13.3 Å². The maximum absolute atomic E-state index is 11.3. The minimum atomic E-state index is -4.87. The van der Waals surface area contributed by atoms with Crippen molar-refractivity contribution in [2.45, 2.75) is 19.5 Å². The van der Waals surface area contributed by atoms with Gasteiger partial charge in [0.15, 0.2) is 0 Å². The van der Waals surface area contributed by atoms with Crippen molar-refractivity contribution in [3.8, 4) is 0 Å². The first-order chi connectivity index (χ1) is 4.34. The van der Waals surface area contributed by atoms with Crippen LogP contribution in [0, 0.1) is 0 Å². The van der Waals surface area contributed by atoms with Crippen LogP contribution in [0.25, 0.3) is 0 Å². The molecule has 0 aliphatic heterocycles. The Bertz CT molecular complexity index is 167. The fourth-order valence-electron chi connectivity index (χ4n) is 0.326.